The zero-order valence-corrected chi connectivity index (χ0v) is 18.1. The monoisotopic (exact) mass is 432 g/mol. The maximum atomic E-state index is 12.9. The van der Waals surface area contributed by atoms with E-state index >= 15 is 0 Å². The second kappa shape index (κ2) is 8.69. The van der Waals surface area contributed by atoms with Crippen molar-refractivity contribution in [1.29, 1.82) is 0 Å². The number of carbonyl (C=O) groups is 2. The SMILES string of the molecule is C=C1CCC(N2Cc3cc(O[C@H]4CCCC[C@H]4Oc4ccccc4)ccc3C2=O)C(=O)N1. The summed E-state index contributed by atoms with van der Waals surface area (Å²) in [6, 6.07) is 15.0. The molecular formula is C26H28N2O4. The van der Waals surface area contributed by atoms with Crippen molar-refractivity contribution >= 4 is 11.8 Å². The molecule has 2 aromatic rings. The number of carbonyl (C=O) groups excluding carboxylic acids is 2. The fourth-order valence-corrected chi connectivity index (χ4v) is 4.89. The van der Waals surface area contributed by atoms with Crippen molar-refractivity contribution in [3.63, 3.8) is 0 Å². The minimum absolute atomic E-state index is 0.00318. The van der Waals surface area contributed by atoms with Crippen LogP contribution < -0.4 is 14.8 Å². The third kappa shape index (κ3) is 4.09. The van der Waals surface area contributed by atoms with Gasteiger partial charge in [0.05, 0.1) is 0 Å². The van der Waals surface area contributed by atoms with Crippen molar-refractivity contribution in [2.24, 2.45) is 0 Å². The number of rotatable bonds is 5. The molecule has 1 N–H and O–H groups in total. The fraction of sp³-hybridized carbons (Fsp3) is 0.385. The molecule has 32 heavy (non-hydrogen) atoms. The van der Waals surface area contributed by atoms with E-state index in [-0.39, 0.29) is 24.0 Å². The van der Waals surface area contributed by atoms with Gasteiger partial charge >= 0.3 is 0 Å². The molecule has 1 saturated heterocycles. The number of benzene rings is 2. The zero-order valence-electron chi connectivity index (χ0n) is 18.1. The quantitative estimate of drug-likeness (QED) is 0.769. The molecule has 166 valence electrons. The predicted molar refractivity (Wildman–Crippen MR) is 120 cm³/mol. The lowest BCUT2D eigenvalue weighted by atomic mass is 9.94. The highest BCUT2D eigenvalue weighted by atomic mass is 16.5. The average Bonchev–Trinajstić information content (AvgIpc) is 3.11. The molecule has 0 radical (unpaired) electrons. The minimum Gasteiger partial charge on any atom is -0.487 e. The largest absolute Gasteiger partial charge is 0.487 e. The summed E-state index contributed by atoms with van der Waals surface area (Å²) in [5.74, 6) is 1.36. The molecule has 2 heterocycles. The van der Waals surface area contributed by atoms with Crippen molar-refractivity contribution in [3.05, 3.63) is 71.9 Å². The highest BCUT2D eigenvalue weighted by Crippen LogP contribution is 2.33. The number of para-hydroxylation sites is 1. The Labute approximate surface area is 188 Å². The van der Waals surface area contributed by atoms with Crippen molar-refractivity contribution < 1.29 is 19.1 Å². The Morgan fingerprint density at radius 1 is 0.906 bits per heavy atom. The van der Waals surface area contributed by atoms with Crippen LogP contribution in [-0.2, 0) is 11.3 Å². The Kier molecular flexibility index (Phi) is 5.60. The van der Waals surface area contributed by atoms with E-state index in [1.807, 2.05) is 48.5 Å². The van der Waals surface area contributed by atoms with Gasteiger partial charge < -0.3 is 19.7 Å². The summed E-state index contributed by atoms with van der Waals surface area (Å²) in [5.41, 5.74) is 2.27. The van der Waals surface area contributed by atoms with Crippen LogP contribution in [0, 0.1) is 0 Å². The summed E-state index contributed by atoms with van der Waals surface area (Å²) in [6.07, 6.45) is 5.38. The summed E-state index contributed by atoms with van der Waals surface area (Å²) in [5, 5.41) is 2.78. The third-order valence-corrected chi connectivity index (χ3v) is 6.57. The number of nitrogens with zero attached hydrogens (tertiary/aromatic N) is 1. The third-order valence-electron chi connectivity index (χ3n) is 6.57. The van der Waals surface area contributed by atoms with Crippen molar-refractivity contribution in [3.8, 4) is 11.5 Å². The Balaban J connectivity index is 1.29. The minimum atomic E-state index is -0.452. The summed E-state index contributed by atoms with van der Waals surface area (Å²) < 4.78 is 12.6. The lowest BCUT2D eigenvalue weighted by Crippen LogP contribution is -2.49. The zero-order chi connectivity index (χ0) is 22.1. The maximum absolute atomic E-state index is 12.9. The predicted octanol–water partition coefficient (Wildman–Crippen LogP) is 4.20. The van der Waals surface area contributed by atoms with Crippen LogP contribution >= 0.6 is 0 Å². The second-order valence-corrected chi connectivity index (χ2v) is 8.81. The van der Waals surface area contributed by atoms with E-state index in [1.54, 1.807) is 4.90 Å². The number of ether oxygens (including phenoxy) is 2. The Morgan fingerprint density at radius 3 is 2.34 bits per heavy atom. The molecule has 0 aromatic heterocycles. The van der Waals surface area contributed by atoms with Gasteiger partial charge in [0.2, 0.25) is 5.91 Å². The first-order valence-corrected chi connectivity index (χ1v) is 11.4. The van der Waals surface area contributed by atoms with E-state index in [4.69, 9.17) is 9.47 Å². The van der Waals surface area contributed by atoms with Crippen molar-refractivity contribution in [2.45, 2.75) is 63.3 Å². The number of hydrogen-bond acceptors (Lipinski definition) is 4. The molecule has 2 aromatic carbocycles. The van der Waals surface area contributed by atoms with Gasteiger partial charge in [-0.2, -0.15) is 0 Å². The van der Waals surface area contributed by atoms with E-state index in [0.717, 1.165) is 42.7 Å². The maximum Gasteiger partial charge on any atom is 0.255 e. The Bertz CT molecular complexity index is 1040. The molecule has 2 aliphatic heterocycles. The van der Waals surface area contributed by atoms with Gasteiger partial charge in [0.15, 0.2) is 0 Å². The number of fused-ring (bicyclic) bond motifs is 1. The number of amides is 2. The Morgan fingerprint density at radius 2 is 1.62 bits per heavy atom. The van der Waals surface area contributed by atoms with E-state index in [1.165, 1.54) is 0 Å². The summed E-state index contributed by atoms with van der Waals surface area (Å²) in [6.45, 7) is 4.24. The highest BCUT2D eigenvalue weighted by molar-refractivity contribution is 6.01. The summed E-state index contributed by atoms with van der Waals surface area (Å²) in [4.78, 5) is 27.0. The number of piperidine rings is 1. The van der Waals surface area contributed by atoms with E-state index in [2.05, 4.69) is 11.9 Å². The lowest BCUT2D eigenvalue weighted by molar-refractivity contribution is -0.126. The van der Waals surface area contributed by atoms with Gasteiger partial charge in [0, 0.05) is 17.8 Å². The molecule has 0 spiro atoms. The summed E-state index contributed by atoms with van der Waals surface area (Å²) in [7, 11) is 0. The summed E-state index contributed by atoms with van der Waals surface area (Å²) >= 11 is 0. The molecule has 0 bridgehead atoms. The van der Waals surface area contributed by atoms with Gasteiger partial charge in [0.1, 0.15) is 29.7 Å². The first-order valence-electron chi connectivity index (χ1n) is 11.4. The molecule has 6 nitrogen and oxygen atoms in total. The van der Waals surface area contributed by atoms with Gasteiger partial charge in [-0.25, -0.2) is 0 Å². The number of nitrogens with one attached hydrogen (secondary N) is 1. The standard InChI is InChI=1S/C26H28N2O4/c1-17-11-14-22(25(29)27-17)28-16-18-15-20(12-13-21(18)26(28)30)32-24-10-6-5-9-23(24)31-19-7-3-2-4-8-19/h2-4,7-8,12-13,15,22-24H,1,5-6,9-11,14,16H2,(H,27,29)/t22?,23-,24+/m1/s1. The normalized spacial score (nSPS) is 25.3. The van der Waals surface area contributed by atoms with Gasteiger partial charge in [-0.1, -0.05) is 24.8 Å². The van der Waals surface area contributed by atoms with Gasteiger partial charge in [0.25, 0.3) is 5.91 Å². The molecule has 1 aliphatic carbocycles. The Hall–Kier alpha value is -3.28. The second-order valence-electron chi connectivity index (χ2n) is 8.81. The van der Waals surface area contributed by atoms with Crippen LogP contribution in [0.5, 0.6) is 11.5 Å². The lowest BCUT2D eigenvalue weighted by Gasteiger charge is -2.32. The number of hydrogen-bond donors (Lipinski definition) is 1. The molecule has 1 unspecified atom stereocenters. The first-order chi connectivity index (χ1) is 15.6. The van der Waals surface area contributed by atoms with Crippen molar-refractivity contribution in [1.82, 2.24) is 10.2 Å². The van der Waals surface area contributed by atoms with Crippen LogP contribution in [0.3, 0.4) is 0 Å². The molecule has 2 fully saturated rings. The topological polar surface area (TPSA) is 67.9 Å². The van der Waals surface area contributed by atoms with E-state index in [9.17, 15) is 9.59 Å². The average molecular weight is 433 g/mol. The molecule has 3 aliphatic rings. The molecule has 1 saturated carbocycles. The van der Waals surface area contributed by atoms with Crippen LogP contribution in [0.2, 0.25) is 0 Å². The molecule has 2 amide bonds. The van der Waals surface area contributed by atoms with Crippen LogP contribution in [0.1, 0.15) is 54.4 Å². The fourth-order valence-electron chi connectivity index (χ4n) is 4.89. The van der Waals surface area contributed by atoms with E-state index in [0.29, 0.717) is 30.6 Å². The highest BCUT2D eigenvalue weighted by Gasteiger charge is 2.38. The van der Waals surface area contributed by atoms with Crippen LogP contribution in [-0.4, -0.2) is 35.0 Å². The van der Waals surface area contributed by atoms with Crippen LogP contribution in [0.4, 0.5) is 0 Å². The smallest absolute Gasteiger partial charge is 0.255 e. The van der Waals surface area contributed by atoms with Crippen molar-refractivity contribution in [2.75, 3.05) is 0 Å². The van der Waals surface area contributed by atoms with E-state index < -0.39 is 6.04 Å². The molecular weight excluding hydrogens is 404 g/mol. The number of allylic oxidation sites excluding steroid dienone is 1. The van der Waals surface area contributed by atoms with Gasteiger partial charge in [-0.15, -0.1) is 0 Å². The first kappa shape index (κ1) is 20.6. The van der Waals surface area contributed by atoms with Gasteiger partial charge in [-0.3, -0.25) is 9.59 Å². The molecule has 6 heteroatoms. The molecule has 5 rings (SSSR count). The van der Waals surface area contributed by atoms with Crippen LogP contribution in [0.25, 0.3) is 0 Å². The van der Waals surface area contributed by atoms with Gasteiger partial charge in [-0.05, 0) is 74.4 Å². The molecule has 3 atom stereocenters. The van der Waals surface area contributed by atoms with Crippen LogP contribution in [0.15, 0.2) is 60.8 Å².